The topological polar surface area (TPSA) is 93.3 Å². The summed E-state index contributed by atoms with van der Waals surface area (Å²) in [6, 6.07) is 14.2. The van der Waals surface area contributed by atoms with Crippen molar-refractivity contribution >= 4 is 16.7 Å². The molecule has 0 unspecified atom stereocenters. The Morgan fingerprint density at radius 3 is 2.68 bits per heavy atom. The fourth-order valence-corrected chi connectivity index (χ4v) is 2.74. The van der Waals surface area contributed by atoms with Crippen LogP contribution in [0, 0.1) is 0 Å². The molecule has 0 saturated heterocycles. The van der Waals surface area contributed by atoms with Crippen LogP contribution in [-0.2, 0) is 0 Å². The van der Waals surface area contributed by atoms with Gasteiger partial charge in [-0.05, 0) is 18.2 Å². The lowest BCUT2D eigenvalue weighted by Gasteiger charge is -2.26. The molecular weight excluding hydrogens is 322 g/mol. The molecule has 1 aromatic heterocycles. The minimum absolute atomic E-state index is 0.173. The van der Waals surface area contributed by atoms with Gasteiger partial charge in [0.15, 0.2) is 17.2 Å². The fourth-order valence-electron chi connectivity index (χ4n) is 2.74. The first-order valence-corrected chi connectivity index (χ1v) is 7.86. The van der Waals surface area contributed by atoms with E-state index in [1.165, 1.54) is 0 Å². The highest BCUT2D eigenvalue weighted by Crippen LogP contribution is 2.30. The molecule has 0 radical (unpaired) electrons. The van der Waals surface area contributed by atoms with Gasteiger partial charge in [-0.1, -0.05) is 30.3 Å². The van der Waals surface area contributed by atoms with Crippen molar-refractivity contribution in [3.05, 3.63) is 64.6 Å². The van der Waals surface area contributed by atoms with E-state index in [0.717, 1.165) is 0 Å². The molecule has 126 valence electrons. The normalized spacial score (nSPS) is 15.8. The second-order valence-electron chi connectivity index (χ2n) is 5.65. The Morgan fingerprint density at radius 2 is 1.84 bits per heavy atom. The first-order chi connectivity index (χ1) is 12.2. The van der Waals surface area contributed by atoms with Crippen molar-refractivity contribution in [2.45, 2.75) is 6.10 Å². The molecule has 3 aromatic rings. The van der Waals surface area contributed by atoms with Crippen LogP contribution in [0.5, 0.6) is 11.5 Å². The highest BCUT2D eigenvalue weighted by molar-refractivity contribution is 6.04. The summed E-state index contributed by atoms with van der Waals surface area (Å²) in [4.78, 5) is 24.3. The Kier molecular flexibility index (Phi) is 3.81. The largest absolute Gasteiger partial charge is 0.486 e. The van der Waals surface area contributed by atoms with Crippen LogP contribution >= 0.6 is 0 Å². The summed E-state index contributed by atoms with van der Waals surface area (Å²) >= 11 is 0. The molecule has 7 nitrogen and oxygen atoms in total. The van der Waals surface area contributed by atoms with E-state index >= 15 is 0 Å². The molecular formula is C18H15N3O4. The third-order valence-corrected chi connectivity index (χ3v) is 3.97. The Hall–Kier alpha value is -3.35. The summed E-state index contributed by atoms with van der Waals surface area (Å²) in [7, 11) is 0. The van der Waals surface area contributed by atoms with Crippen LogP contribution in [0.1, 0.15) is 10.5 Å². The molecule has 0 saturated carbocycles. The average Bonchev–Trinajstić information content (AvgIpc) is 2.66. The van der Waals surface area contributed by atoms with Crippen LogP contribution in [0.2, 0.25) is 0 Å². The van der Waals surface area contributed by atoms with Crippen LogP contribution in [0.3, 0.4) is 0 Å². The number of H-pyrrole nitrogens is 1. The fraction of sp³-hybridized carbons (Fsp3) is 0.167. The number of rotatable bonds is 3. The van der Waals surface area contributed by atoms with Crippen LogP contribution in [0.4, 0.5) is 0 Å². The minimum atomic E-state index is -0.380. The van der Waals surface area contributed by atoms with Crippen molar-refractivity contribution in [1.29, 1.82) is 0 Å². The first-order valence-electron chi connectivity index (χ1n) is 7.86. The molecule has 1 amide bonds. The second kappa shape index (κ2) is 6.27. The number of ether oxygens (including phenoxy) is 2. The maximum Gasteiger partial charge on any atom is 0.272 e. The predicted molar refractivity (Wildman–Crippen MR) is 91.0 cm³/mol. The van der Waals surface area contributed by atoms with Gasteiger partial charge in [-0.25, -0.2) is 5.10 Å². The number of aromatic amines is 1. The van der Waals surface area contributed by atoms with Gasteiger partial charge in [0.25, 0.3) is 11.5 Å². The predicted octanol–water partition coefficient (Wildman–Crippen LogP) is 1.49. The summed E-state index contributed by atoms with van der Waals surface area (Å²) in [5, 5.41) is 9.95. The smallest absolute Gasteiger partial charge is 0.272 e. The number of nitrogens with zero attached hydrogens (tertiary/aromatic N) is 1. The minimum Gasteiger partial charge on any atom is -0.486 e. The van der Waals surface area contributed by atoms with E-state index < -0.39 is 0 Å². The molecule has 4 rings (SSSR count). The van der Waals surface area contributed by atoms with E-state index in [9.17, 15) is 9.59 Å². The van der Waals surface area contributed by atoms with Crippen molar-refractivity contribution in [3.8, 4) is 11.5 Å². The number of nitrogens with one attached hydrogen (secondary N) is 2. The second-order valence-corrected chi connectivity index (χ2v) is 5.65. The zero-order chi connectivity index (χ0) is 17.2. The molecule has 2 N–H and O–H groups in total. The Bertz CT molecular complexity index is 999. The van der Waals surface area contributed by atoms with Crippen LogP contribution < -0.4 is 20.3 Å². The number of aromatic nitrogens is 2. The van der Waals surface area contributed by atoms with E-state index in [0.29, 0.717) is 28.9 Å². The van der Waals surface area contributed by atoms with Gasteiger partial charge in [0.2, 0.25) is 0 Å². The average molecular weight is 337 g/mol. The maximum atomic E-state index is 12.5. The quantitative estimate of drug-likeness (QED) is 0.755. The van der Waals surface area contributed by atoms with E-state index in [1.807, 2.05) is 24.3 Å². The van der Waals surface area contributed by atoms with Crippen LogP contribution in [0.25, 0.3) is 10.8 Å². The molecule has 25 heavy (non-hydrogen) atoms. The molecule has 1 atom stereocenters. The van der Waals surface area contributed by atoms with E-state index in [1.54, 1.807) is 24.3 Å². The monoisotopic (exact) mass is 337 g/mol. The maximum absolute atomic E-state index is 12.5. The van der Waals surface area contributed by atoms with Crippen LogP contribution in [0.15, 0.2) is 53.3 Å². The summed E-state index contributed by atoms with van der Waals surface area (Å²) in [5.74, 6) is 0.967. The summed E-state index contributed by atoms with van der Waals surface area (Å²) in [6.07, 6.45) is -0.298. The van der Waals surface area contributed by atoms with Gasteiger partial charge < -0.3 is 14.8 Å². The van der Waals surface area contributed by atoms with Crippen molar-refractivity contribution in [3.63, 3.8) is 0 Å². The molecule has 0 bridgehead atoms. The van der Waals surface area contributed by atoms with Gasteiger partial charge in [0, 0.05) is 5.39 Å². The van der Waals surface area contributed by atoms with Crippen molar-refractivity contribution in [2.75, 3.05) is 13.2 Å². The van der Waals surface area contributed by atoms with E-state index in [-0.39, 0.29) is 29.8 Å². The Morgan fingerprint density at radius 1 is 1.12 bits per heavy atom. The number of hydrogen-bond acceptors (Lipinski definition) is 5. The van der Waals surface area contributed by atoms with Gasteiger partial charge >= 0.3 is 0 Å². The van der Waals surface area contributed by atoms with Crippen LogP contribution in [-0.4, -0.2) is 35.4 Å². The van der Waals surface area contributed by atoms with E-state index in [2.05, 4.69) is 15.5 Å². The third-order valence-electron chi connectivity index (χ3n) is 3.97. The summed E-state index contributed by atoms with van der Waals surface area (Å²) in [6.45, 7) is 0.611. The van der Waals surface area contributed by atoms with Crippen molar-refractivity contribution < 1.29 is 14.3 Å². The molecule has 0 fully saturated rings. The lowest BCUT2D eigenvalue weighted by atomic mass is 10.1. The Balaban J connectivity index is 1.49. The van der Waals surface area contributed by atoms with E-state index in [4.69, 9.17) is 9.47 Å². The number of para-hydroxylation sites is 2. The molecule has 0 aliphatic carbocycles. The number of carbonyl (C=O) groups excluding carboxylic acids is 1. The highest BCUT2D eigenvalue weighted by Gasteiger charge is 2.22. The lowest BCUT2D eigenvalue weighted by Crippen LogP contribution is -2.41. The van der Waals surface area contributed by atoms with Crippen molar-refractivity contribution in [1.82, 2.24) is 15.5 Å². The highest BCUT2D eigenvalue weighted by atomic mass is 16.6. The lowest BCUT2D eigenvalue weighted by molar-refractivity contribution is 0.0787. The zero-order valence-electron chi connectivity index (χ0n) is 13.2. The first kappa shape index (κ1) is 15.2. The summed E-state index contributed by atoms with van der Waals surface area (Å²) in [5.41, 5.74) is -0.153. The zero-order valence-corrected chi connectivity index (χ0v) is 13.2. The van der Waals surface area contributed by atoms with Gasteiger partial charge in [-0.15, -0.1) is 0 Å². The van der Waals surface area contributed by atoms with Gasteiger partial charge in [0.1, 0.15) is 12.7 Å². The standard InChI is InChI=1S/C18H15N3O4/c22-17-13-6-2-1-5-12(13)16(20-21-17)18(23)19-9-11-10-24-14-7-3-4-8-15(14)25-11/h1-8,11H,9-10H2,(H,19,23)(H,21,22)/t11-/m0/s1. The third kappa shape index (κ3) is 2.91. The van der Waals surface area contributed by atoms with Crippen molar-refractivity contribution in [2.24, 2.45) is 0 Å². The number of carbonyl (C=O) groups is 1. The number of amides is 1. The molecule has 2 aromatic carbocycles. The Labute approximate surface area is 142 Å². The van der Waals surface area contributed by atoms with Gasteiger partial charge in [-0.2, -0.15) is 5.10 Å². The van der Waals surface area contributed by atoms with Gasteiger partial charge in [-0.3, -0.25) is 9.59 Å². The number of benzene rings is 2. The SMILES string of the molecule is O=C(NC[C@H]1COc2ccccc2O1)c1n[nH]c(=O)c2ccccc12. The number of hydrogen-bond donors (Lipinski definition) is 2. The molecule has 1 aliphatic rings. The van der Waals surface area contributed by atoms with Gasteiger partial charge in [0.05, 0.1) is 11.9 Å². The molecule has 7 heteroatoms. The molecule has 2 heterocycles. The molecule has 1 aliphatic heterocycles. The molecule has 0 spiro atoms. The number of fused-ring (bicyclic) bond motifs is 2. The summed E-state index contributed by atoms with van der Waals surface area (Å²) < 4.78 is 11.4.